The van der Waals surface area contributed by atoms with Crippen molar-refractivity contribution in [1.29, 1.82) is 0 Å². The van der Waals surface area contributed by atoms with Gasteiger partial charge in [-0.1, -0.05) is 6.92 Å². The second-order valence-electron chi connectivity index (χ2n) is 5.15. The minimum Gasteiger partial charge on any atom is -0.335 e. The largest absolute Gasteiger partial charge is 0.335 e. The molecule has 5 heteroatoms. The number of carbonyl (C=O) groups excluding carboxylic acids is 1. The average molecular weight is 345 g/mol. The number of halogens is 1. The molecule has 1 unspecified atom stereocenters. The van der Waals surface area contributed by atoms with E-state index in [4.69, 9.17) is 0 Å². The van der Waals surface area contributed by atoms with Gasteiger partial charge in [-0.25, -0.2) is 0 Å². The Morgan fingerprint density at radius 3 is 2.53 bits per heavy atom. The average Bonchev–Trinajstić information content (AvgIpc) is 2.77. The number of thiophene rings is 1. The number of piperazine rings is 1. The second kappa shape index (κ2) is 6.37. The maximum atomic E-state index is 12.4. The van der Waals surface area contributed by atoms with E-state index in [0.717, 1.165) is 40.4 Å². The van der Waals surface area contributed by atoms with E-state index in [0.29, 0.717) is 6.04 Å². The number of amides is 1. The van der Waals surface area contributed by atoms with Gasteiger partial charge in [0.15, 0.2) is 0 Å². The topological polar surface area (TPSA) is 23.6 Å². The van der Waals surface area contributed by atoms with Gasteiger partial charge in [0.2, 0.25) is 0 Å². The molecule has 0 N–H and O–H groups in total. The standard InChI is InChI=1S/C14H21BrN2OS/c1-4-11(3)16-5-7-17(8-6-16)14(18)12-9-10(2)13(15)19-12/h9,11H,4-8H2,1-3H3. The minimum absolute atomic E-state index is 0.183. The predicted molar refractivity (Wildman–Crippen MR) is 84.0 cm³/mol. The molecule has 0 radical (unpaired) electrons. The number of aryl methyl sites for hydroxylation is 1. The van der Waals surface area contributed by atoms with E-state index >= 15 is 0 Å². The van der Waals surface area contributed by atoms with E-state index in [-0.39, 0.29) is 5.91 Å². The van der Waals surface area contributed by atoms with Gasteiger partial charge < -0.3 is 4.90 Å². The van der Waals surface area contributed by atoms with Crippen LogP contribution in [-0.4, -0.2) is 47.9 Å². The van der Waals surface area contributed by atoms with Crippen LogP contribution in [0.15, 0.2) is 9.85 Å². The predicted octanol–water partition coefficient (Wildman–Crippen LogP) is 3.38. The third kappa shape index (κ3) is 3.38. The first kappa shape index (κ1) is 15.0. The van der Waals surface area contributed by atoms with Crippen LogP contribution in [0.25, 0.3) is 0 Å². The molecule has 1 aliphatic rings. The third-order valence-electron chi connectivity index (χ3n) is 3.88. The van der Waals surface area contributed by atoms with Gasteiger partial charge in [0.1, 0.15) is 0 Å². The Balaban J connectivity index is 1.96. The van der Waals surface area contributed by atoms with Crippen LogP contribution in [0.1, 0.15) is 35.5 Å². The van der Waals surface area contributed by atoms with Gasteiger partial charge >= 0.3 is 0 Å². The van der Waals surface area contributed by atoms with E-state index in [2.05, 4.69) is 34.7 Å². The molecule has 0 saturated carbocycles. The van der Waals surface area contributed by atoms with Gasteiger partial charge in [0, 0.05) is 32.2 Å². The summed E-state index contributed by atoms with van der Waals surface area (Å²) in [5, 5.41) is 0. The first-order valence-electron chi connectivity index (χ1n) is 6.82. The molecule has 0 bridgehead atoms. The van der Waals surface area contributed by atoms with E-state index in [9.17, 15) is 4.79 Å². The van der Waals surface area contributed by atoms with Crippen molar-refractivity contribution in [2.45, 2.75) is 33.2 Å². The third-order valence-corrected chi connectivity index (χ3v) is 6.01. The molecule has 0 aromatic carbocycles. The highest BCUT2D eigenvalue weighted by Gasteiger charge is 2.25. The molecule has 1 atom stereocenters. The van der Waals surface area contributed by atoms with Crippen molar-refractivity contribution in [2.24, 2.45) is 0 Å². The minimum atomic E-state index is 0.183. The summed E-state index contributed by atoms with van der Waals surface area (Å²) in [4.78, 5) is 17.7. The van der Waals surface area contributed by atoms with Crippen LogP contribution in [-0.2, 0) is 0 Å². The van der Waals surface area contributed by atoms with Gasteiger partial charge in [0.05, 0.1) is 8.66 Å². The Morgan fingerprint density at radius 2 is 2.05 bits per heavy atom. The highest BCUT2D eigenvalue weighted by atomic mass is 79.9. The molecule has 1 aromatic rings. The summed E-state index contributed by atoms with van der Waals surface area (Å²) in [6, 6.07) is 2.60. The molecular weight excluding hydrogens is 324 g/mol. The number of nitrogens with zero attached hydrogens (tertiary/aromatic N) is 2. The Labute approximate surface area is 127 Å². The lowest BCUT2D eigenvalue weighted by atomic mass is 10.2. The van der Waals surface area contributed by atoms with Crippen LogP contribution in [0.3, 0.4) is 0 Å². The summed E-state index contributed by atoms with van der Waals surface area (Å²) in [5.41, 5.74) is 1.14. The van der Waals surface area contributed by atoms with Gasteiger partial charge in [-0.2, -0.15) is 0 Å². The fourth-order valence-corrected chi connectivity index (χ4v) is 3.85. The fraction of sp³-hybridized carbons (Fsp3) is 0.643. The molecule has 1 aromatic heterocycles. The van der Waals surface area contributed by atoms with Crippen LogP contribution in [0, 0.1) is 6.92 Å². The first-order valence-corrected chi connectivity index (χ1v) is 8.43. The Bertz CT molecular complexity index is 433. The van der Waals surface area contributed by atoms with Crippen molar-refractivity contribution in [2.75, 3.05) is 26.2 Å². The fourth-order valence-electron chi connectivity index (χ4n) is 2.35. The van der Waals surface area contributed by atoms with Gasteiger partial charge in [-0.3, -0.25) is 9.69 Å². The van der Waals surface area contributed by atoms with Crippen molar-refractivity contribution in [3.8, 4) is 0 Å². The molecule has 3 nitrogen and oxygen atoms in total. The lowest BCUT2D eigenvalue weighted by molar-refractivity contribution is 0.0584. The maximum Gasteiger partial charge on any atom is 0.264 e. The highest BCUT2D eigenvalue weighted by molar-refractivity contribution is 9.11. The van der Waals surface area contributed by atoms with E-state index in [1.807, 2.05) is 17.9 Å². The lowest BCUT2D eigenvalue weighted by Gasteiger charge is -2.37. The number of hydrogen-bond acceptors (Lipinski definition) is 3. The number of hydrogen-bond donors (Lipinski definition) is 0. The van der Waals surface area contributed by atoms with Crippen molar-refractivity contribution in [3.05, 3.63) is 20.3 Å². The maximum absolute atomic E-state index is 12.4. The monoisotopic (exact) mass is 344 g/mol. The van der Waals surface area contributed by atoms with Crippen molar-refractivity contribution in [3.63, 3.8) is 0 Å². The summed E-state index contributed by atoms with van der Waals surface area (Å²) >= 11 is 5.03. The molecule has 1 aliphatic heterocycles. The molecule has 106 valence electrons. The highest BCUT2D eigenvalue weighted by Crippen LogP contribution is 2.28. The van der Waals surface area contributed by atoms with Crippen LogP contribution >= 0.6 is 27.3 Å². The Morgan fingerprint density at radius 1 is 1.42 bits per heavy atom. The van der Waals surface area contributed by atoms with Crippen molar-refractivity contribution >= 4 is 33.2 Å². The zero-order chi connectivity index (χ0) is 14.0. The van der Waals surface area contributed by atoms with E-state index < -0.39 is 0 Å². The molecular formula is C14H21BrN2OS. The van der Waals surface area contributed by atoms with Crippen molar-refractivity contribution < 1.29 is 4.79 Å². The van der Waals surface area contributed by atoms with Crippen LogP contribution < -0.4 is 0 Å². The number of carbonyl (C=O) groups is 1. The van der Waals surface area contributed by atoms with Crippen LogP contribution in [0.4, 0.5) is 0 Å². The molecule has 1 amide bonds. The van der Waals surface area contributed by atoms with E-state index in [1.165, 1.54) is 17.8 Å². The quantitative estimate of drug-likeness (QED) is 0.839. The van der Waals surface area contributed by atoms with Gasteiger partial charge in [-0.15, -0.1) is 11.3 Å². The molecule has 0 spiro atoms. The molecule has 1 saturated heterocycles. The smallest absolute Gasteiger partial charge is 0.264 e. The normalized spacial score (nSPS) is 18.6. The number of rotatable bonds is 3. The summed E-state index contributed by atoms with van der Waals surface area (Å²) in [6.07, 6.45) is 1.17. The molecule has 0 aliphatic carbocycles. The van der Waals surface area contributed by atoms with Crippen molar-refractivity contribution in [1.82, 2.24) is 9.80 Å². The van der Waals surface area contributed by atoms with Crippen LogP contribution in [0.2, 0.25) is 0 Å². The zero-order valence-electron chi connectivity index (χ0n) is 11.8. The van der Waals surface area contributed by atoms with Gasteiger partial charge in [-0.05, 0) is 47.8 Å². The molecule has 1 fully saturated rings. The SMILES string of the molecule is CCC(C)N1CCN(C(=O)c2cc(C)c(Br)s2)CC1. The van der Waals surface area contributed by atoms with E-state index in [1.54, 1.807) is 0 Å². The van der Waals surface area contributed by atoms with Gasteiger partial charge in [0.25, 0.3) is 5.91 Å². The zero-order valence-corrected chi connectivity index (χ0v) is 14.2. The summed E-state index contributed by atoms with van der Waals surface area (Å²) in [7, 11) is 0. The summed E-state index contributed by atoms with van der Waals surface area (Å²) < 4.78 is 1.06. The Hall–Kier alpha value is -0.390. The summed E-state index contributed by atoms with van der Waals surface area (Å²) in [6.45, 7) is 10.2. The second-order valence-corrected chi connectivity index (χ2v) is 7.52. The lowest BCUT2D eigenvalue weighted by Crippen LogP contribution is -2.51. The first-order chi connectivity index (χ1) is 9.02. The molecule has 2 rings (SSSR count). The molecule has 2 heterocycles. The summed E-state index contributed by atoms with van der Waals surface area (Å²) in [5.74, 6) is 0.183. The Kier molecular flexibility index (Phi) is 5.03. The molecule has 19 heavy (non-hydrogen) atoms. The van der Waals surface area contributed by atoms with Crippen LogP contribution in [0.5, 0.6) is 0 Å².